The molecule has 7 nitrogen and oxygen atoms in total. The standard InChI is InChI=1S/C26H32F4NO6P/c1-3-16-35-38(34,36-17-4-2)25(19-8-6-5-7-9-19,20-10-12-21(27)13-11-20)37-22-14-15-24(31(32)33)23(18-22)26(28,29)30/h10-15,18-19H,3-9,16-17H2,1-2H3. The smallest absolute Gasteiger partial charge is 0.423 e. The number of hydrogen-bond donors (Lipinski definition) is 0. The van der Waals surface area contributed by atoms with Crippen LogP contribution in [0.25, 0.3) is 0 Å². The van der Waals surface area contributed by atoms with Gasteiger partial charge in [-0.05, 0) is 49.9 Å². The average Bonchev–Trinajstić information content (AvgIpc) is 2.89. The van der Waals surface area contributed by atoms with Crippen molar-refractivity contribution in [1.29, 1.82) is 0 Å². The van der Waals surface area contributed by atoms with Crippen molar-refractivity contribution in [2.45, 2.75) is 70.3 Å². The van der Waals surface area contributed by atoms with E-state index in [1.165, 1.54) is 12.1 Å². The Bertz CT molecular complexity index is 1130. The molecule has 1 aliphatic carbocycles. The van der Waals surface area contributed by atoms with Crippen LogP contribution in [0.2, 0.25) is 0 Å². The molecular weight excluding hydrogens is 529 g/mol. The van der Waals surface area contributed by atoms with Crippen molar-refractivity contribution in [1.82, 2.24) is 0 Å². The molecule has 3 rings (SSSR count). The van der Waals surface area contributed by atoms with E-state index in [1.54, 1.807) is 13.8 Å². The summed E-state index contributed by atoms with van der Waals surface area (Å²) >= 11 is 0. The Hall–Kier alpha value is -2.49. The molecule has 12 heteroatoms. The zero-order valence-electron chi connectivity index (χ0n) is 21.3. The van der Waals surface area contributed by atoms with Crippen LogP contribution in [0.15, 0.2) is 42.5 Å². The molecule has 0 aromatic heterocycles. The molecule has 1 aliphatic rings. The van der Waals surface area contributed by atoms with Crippen LogP contribution in [0.1, 0.15) is 69.9 Å². The molecular formula is C26H32F4NO6P. The maximum atomic E-state index is 14.8. The van der Waals surface area contributed by atoms with Gasteiger partial charge in [-0.25, -0.2) is 4.39 Å². The van der Waals surface area contributed by atoms with Crippen molar-refractivity contribution >= 4 is 13.3 Å². The predicted molar refractivity (Wildman–Crippen MR) is 133 cm³/mol. The summed E-state index contributed by atoms with van der Waals surface area (Å²) in [6.07, 6.45) is -0.706. The first-order valence-electron chi connectivity index (χ1n) is 12.7. The van der Waals surface area contributed by atoms with Crippen molar-refractivity contribution in [3.63, 3.8) is 0 Å². The SMILES string of the molecule is CCCOP(=O)(OCCC)C(Oc1ccc([N+](=O)[O-])c(C(F)(F)F)c1)(c1ccc(F)cc1)C1CCCCC1. The van der Waals surface area contributed by atoms with Crippen LogP contribution in [0, 0.1) is 21.8 Å². The number of alkyl halides is 3. The molecule has 2 aromatic carbocycles. The van der Waals surface area contributed by atoms with E-state index >= 15 is 0 Å². The molecule has 0 aliphatic heterocycles. The van der Waals surface area contributed by atoms with E-state index in [0.717, 1.165) is 37.5 Å². The van der Waals surface area contributed by atoms with Gasteiger partial charge >= 0.3 is 13.8 Å². The lowest BCUT2D eigenvalue weighted by atomic mass is 9.82. The Morgan fingerprint density at radius 2 is 1.55 bits per heavy atom. The first-order valence-corrected chi connectivity index (χ1v) is 14.2. The zero-order valence-corrected chi connectivity index (χ0v) is 22.2. The van der Waals surface area contributed by atoms with Gasteiger partial charge in [0.1, 0.15) is 17.1 Å². The number of hydrogen-bond acceptors (Lipinski definition) is 6. The van der Waals surface area contributed by atoms with Gasteiger partial charge in [0.05, 0.1) is 18.1 Å². The number of nitrogens with zero attached hydrogens (tertiary/aromatic N) is 1. The highest BCUT2D eigenvalue weighted by atomic mass is 31.2. The average molecular weight is 562 g/mol. The van der Waals surface area contributed by atoms with Crippen LogP contribution < -0.4 is 4.74 Å². The fraction of sp³-hybridized carbons (Fsp3) is 0.538. The van der Waals surface area contributed by atoms with Gasteiger partial charge in [0, 0.05) is 17.5 Å². The number of ether oxygens (including phenoxy) is 1. The molecule has 0 bridgehead atoms. The van der Waals surface area contributed by atoms with Crippen molar-refractivity contribution < 1.29 is 40.8 Å². The van der Waals surface area contributed by atoms with Crippen LogP contribution in [-0.4, -0.2) is 18.1 Å². The summed E-state index contributed by atoms with van der Waals surface area (Å²) in [4.78, 5) is 10.2. The fourth-order valence-electron chi connectivity index (χ4n) is 4.79. The maximum absolute atomic E-state index is 14.8. The van der Waals surface area contributed by atoms with Gasteiger partial charge in [0.15, 0.2) is 0 Å². The normalized spacial score (nSPS) is 16.7. The lowest BCUT2D eigenvalue weighted by Crippen LogP contribution is -2.43. The highest BCUT2D eigenvalue weighted by molar-refractivity contribution is 7.55. The summed E-state index contributed by atoms with van der Waals surface area (Å²) in [5.41, 5.74) is -2.41. The van der Waals surface area contributed by atoms with Gasteiger partial charge in [0.2, 0.25) is 5.34 Å². The van der Waals surface area contributed by atoms with E-state index < -0.39 is 52.8 Å². The van der Waals surface area contributed by atoms with Crippen LogP contribution >= 0.6 is 7.60 Å². The minimum Gasteiger partial charge on any atom is -0.469 e. The topological polar surface area (TPSA) is 87.9 Å². The summed E-state index contributed by atoms with van der Waals surface area (Å²) in [7, 11) is -4.31. The predicted octanol–water partition coefficient (Wildman–Crippen LogP) is 8.61. The molecule has 0 spiro atoms. The highest BCUT2D eigenvalue weighted by Crippen LogP contribution is 2.70. The minimum absolute atomic E-state index is 0.0219. The Kier molecular flexibility index (Phi) is 9.95. The molecule has 210 valence electrons. The molecule has 2 aromatic rings. The van der Waals surface area contributed by atoms with Gasteiger partial charge in [-0.2, -0.15) is 13.2 Å². The first kappa shape index (κ1) is 30.1. The second-order valence-corrected chi connectivity index (χ2v) is 11.4. The second-order valence-electron chi connectivity index (χ2n) is 9.24. The fourth-order valence-corrected chi connectivity index (χ4v) is 7.49. The van der Waals surface area contributed by atoms with E-state index in [-0.39, 0.29) is 18.8 Å². The zero-order chi connectivity index (χ0) is 28.0. The quantitative estimate of drug-likeness (QED) is 0.112. The molecule has 0 amide bonds. The summed E-state index contributed by atoms with van der Waals surface area (Å²) in [6, 6.07) is 7.32. The van der Waals surface area contributed by atoms with Crippen molar-refractivity contribution in [2.24, 2.45) is 5.92 Å². The Labute approximate surface area is 219 Å². The number of nitro groups is 1. The van der Waals surface area contributed by atoms with Gasteiger partial charge in [-0.3, -0.25) is 14.7 Å². The maximum Gasteiger partial charge on any atom is 0.423 e. The van der Waals surface area contributed by atoms with Crippen LogP contribution in [0.4, 0.5) is 23.2 Å². The van der Waals surface area contributed by atoms with Crippen LogP contribution in [-0.2, 0) is 25.1 Å². The van der Waals surface area contributed by atoms with E-state index in [0.29, 0.717) is 37.8 Å². The number of halogens is 4. The van der Waals surface area contributed by atoms with Crippen molar-refractivity contribution in [3.8, 4) is 5.75 Å². The molecule has 0 saturated heterocycles. The van der Waals surface area contributed by atoms with E-state index in [4.69, 9.17) is 13.8 Å². The van der Waals surface area contributed by atoms with Crippen molar-refractivity contribution in [2.75, 3.05) is 13.2 Å². The van der Waals surface area contributed by atoms with Gasteiger partial charge in [0.25, 0.3) is 5.69 Å². The molecule has 1 unspecified atom stereocenters. The monoisotopic (exact) mass is 561 g/mol. The third-order valence-corrected chi connectivity index (χ3v) is 9.07. The third kappa shape index (κ3) is 6.38. The molecule has 1 atom stereocenters. The molecule has 38 heavy (non-hydrogen) atoms. The Balaban J connectivity index is 2.32. The summed E-state index contributed by atoms with van der Waals surface area (Å²) in [6.45, 7) is 3.65. The van der Waals surface area contributed by atoms with Gasteiger partial charge in [-0.15, -0.1) is 0 Å². The van der Waals surface area contributed by atoms with E-state index in [2.05, 4.69) is 0 Å². The van der Waals surface area contributed by atoms with E-state index in [1.807, 2.05) is 0 Å². The Morgan fingerprint density at radius 3 is 2.05 bits per heavy atom. The molecule has 1 saturated carbocycles. The number of benzene rings is 2. The lowest BCUT2D eigenvalue weighted by molar-refractivity contribution is -0.388. The summed E-state index contributed by atoms with van der Waals surface area (Å²) in [5.74, 6) is -1.48. The highest BCUT2D eigenvalue weighted by Gasteiger charge is 2.60. The summed E-state index contributed by atoms with van der Waals surface area (Å²) in [5, 5.41) is 9.38. The Morgan fingerprint density at radius 1 is 0.974 bits per heavy atom. The molecule has 0 heterocycles. The second kappa shape index (κ2) is 12.6. The minimum atomic E-state index is -5.05. The van der Waals surface area contributed by atoms with Crippen LogP contribution in [0.5, 0.6) is 5.75 Å². The van der Waals surface area contributed by atoms with Gasteiger partial charge < -0.3 is 13.8 Å². The van der Waals surface area contributed by atoms with Crippen LogP contribution in [0.3, 0.4) is 0 Å². The molecule has 0 radical (unpaired) electrons. The largest absolute Gasteiger partial charge is 0.469 e. The summed E-state index contributed by atoms with van der Waals surface area (Å²) < 4.78 is 88.3. The first-order chi connectivity index (χ1) is 18.0. The molecule has 0 N–H and O–H groups in total. The number of nitro benzene ring substituents is 1. The van der Waals surface area contributed by atoms with Crippen molar-refractivity contribution in [3.05, 3.63) is 69.5 Å². The number of rotatable bonds is 12. The molecule has 1 fully saturated rings. The van der Waals surface area contributed by atoms with Gasteiger partial charge in [-0.1, -0.05) is 45.2 Å². The third-order valence-electron chi connectivity index (χ3n) is 6.50. The van der Waals surface area contributed by atoms with E-state index in [9.17, 15) is 32.2 Å². The lowest BCUT2D eigenvalue weighted by Gasteiger charge is -2.45.